The number of carboxylic acids is 1. The van der Waals surface area contributed by atoms with Gasteiger partial charge in [0.1, 0.15) is 5.75 Å². The molecule has 0 radical (unpaired) electrons. The molecule has 0 unspecified atom stereocenters. The Balaban J connectivity index is 2.59. The Morgan fingerprint density at radius 2 is 2.17 bits per heavy atom. The predicted octanol–water partition coefficient (Wildman–Crippen LogP) is 3.24. The summed E-state index contributed by atoms with van der Waals surface area (Å²) >= 11 is 3.10. The van der Waals surface area contributed by atoms with Crippen LogP contribution in [0.4, 0.5) is 8.78 Å². The molecule has 1 aromatic rings. The summed E-state index contributed by atoms with van der Waals surface area (Å²) in [4.78, 5) is 10.8. The molecule has 1 saturated carbocycles. The van der Waals surface area contributed by atoms with Crippen molar-refractivity contribution in [1.82, 2.24) is 0 Å². The summed E-state index contributed by atoms with van der Waals surface area (Å²) in [7, 11) is 1.35. The second kappa shape index (κ2) is 4.50. The molecule has 0 spiro atoms. The van der Waals surface area contributed by atoms with Crippen LogP contribution in [-0.4, -0.2) is 18.2 Å². The van der Waals surface area contributed by atoms with E-state index in [2.05, 4.69) is 15.9 Å². The molecule has 0 aromatic heterocycles. The quantitative estimate of drug-likeness (QED) is 0.866. The Morgan fingerprint density at radius 1 is 1.56 bits per heavy atom. The monoisotopic (exact) mass is 320 g/mol. The van der Waals surface area contributed by atoms with E-state index in [-0.39, 0.29) is 22.2 Å². The number of halogens is 3. The molecule has 2 rings (SSSR count). The molecule has 18 heavy (non-hydrogen) atoms. The fourth-order valence-electron chi connectivity index (χ4n) is 2.21. The molecule has 0 atom stereocenters. The smallest absolute Gasteiger partial charge is 0.304 e. The highest BCUT2D eigenvalue weighted by molar-refractivity contribution is 9.10. The van der Waals surface area contributed by atoms with Gasteiger partial charge in [-0.3, -0.25) is 4.79 Å². The fraction of sp³-hybridized carbons (Fsp3) is 0.417. The second-order valence-corrected chi connectivity index (χ2v) is 5.27. The highest BCUT2D eigenvalue weighted by atomic mass is 79.9. The van der Waals surface area contributed by atoms with Crippen molar-refractivity contribution in [3.05, 3.63) is 27.7 Å². The van der Waals surface area contributed by atoms with Crippen molar-refractivity contribution in [1.29, 1.82) is 0 Å². The number of benzene rings is 1. The topological polar surface area (TPSA) is 46.5 Å². The lowest BCUT2D eigenvalue weighted by molar-refractivity contribution is -0.137. The summed E-state index contributed by atoms with van der Waals surface area (Å²) in [5.41, 5.74) is -0.814. The molecule has 1 N–H and O–H groups in total. The third kappa shape index (κ3) is 2.09. The number of carbonyl (C=O) groups is 1. The Kier molecular flexibility index (Phi) is 3.31. The van der Waals surface area contributed by atoms with E-state index in [1.165, 1.54) is 7.11 Å². The van der Waals surface area contributed by atoms with Gasteiger partial charge < -0.3 is 9.84 Å². The maximum atomic E-state index is 13.9. The van der Waals surface area contributed by atoms with Crippen molar-refractivity contribution in [2.75, 3.05) is 7.11 Å². The molecule has 0 aliphatic heterocycles. The highest BCUT2D eigenvalue weighted by Crippen LogP contribution is 2.56. The molecule has 0 heterocycles. The lowest BCUT2D eigenvalue weighted by atomic mass is 9.91. The third-order valence-corrected chi connectivity index (χ3v) is 3.79. The summed E-state index contributed by atoms with van der Waals surface area (Å²) in [5, 5.41) is 8.87. The molecule has 98 valence electrons. The van der Waals surface area contributed by atoms with Crippen LogP contribution in [0, 0.1) is 11.6 Å². The molecular formula is C12H11BrF2O3. The summed E-state index contributed by atoms with van der Waals surface area (Å²) < 4.78 is 32.8. The van der Waals surface area contributed by atoms with Crippen molar-refractivity contribution in [2.24, 2.45) is 0 Å². The average Bonchev–Trinajstić information content (AvgIpc) is 3.02. The highest BCUT2D eigenvalue weighted by Gasteiger charge is 2.50. The molecule has 1 fully saturated rings. The summed E-state index contributed by atoms with van der Waals surface area (Å²) in [6.45, 7) is 0. The zero-order chi connectivity index (χ0) is 13.5. The van der Waals surface area contributed by atoms with Crippen LogP contribution >= 0.6 is 15.9 Å². The minimum atomic E-state index is -1.03. The van der Waals surface area contributed by atoms with Gasteiger partial charge in [0.15, 0.2) is 11.6 Å². The van der Waals surface area contributed by atoms with E-state index >= 15 is 0 Å². The van der Waals surface area contributed by atoms with Gasteiger partial charge in [-0.2, -0.15) is 0 Å². The van der Waals surface area contributed by atoms with Gasteiger partial charge in [-0.25, -0.2) is 8.78 Å². The molecule has 0 bridgehead atoms. The van der Waals surface area contributed by atoms with Crippen LogP contribution in [0.3, 0.4) is 0 Å². The lowest BCUT2D eigenvalue weighted by Crippen LogP contribution is -2.17. The van der Waals surface area contributed by atoms with E-state index in [1.54, 1.807) is 0 Å². The molecule has 3 nitrogen and oxygen atoms in total. The number of hydrogen-bond donors (Lipinski definition) is 1. The standard InChI is InChI=1S/C12H11BrF2O3/c1-18-11-6(13)4-7(14)10(15)9(11)12(2-3-12)5-8(16)17/h4H,2-3,5H2,1H3,(H,16,17). The largest absolute Gasteiger partial charge is 0.495 e. The normalized spacial score (nSPS) is 16.4. The van der Waals surface area contributed by atoms with E-state index in [0.717, 1.165) is 6.07 Å². The minimum absolute atomic E-state index is 0.0271. The van der Waals surface area contributed by atoms with Crippen molar-refractivity contribution >= 4 is 21.9 Å². The van der Waals surface area contributed by atoms with Crippen LogP contribution < -0.4 is 4.74 Å². The minimum Gasteiger partial charge on any atom is -0.495 e. The zero-order valence-corrected chi connectivity index (χ0v) is 11.2. The first kappa shape index (κ1) is 13.3. The maximum Gasteiger partial charge on any atom is 0.304 e. The van der Waals surface area contributed by atoms with Crippen LogP contribution in [0.2, 0.25) is 0 Å². The zero-order valence-electron chi connectivity index (χ0n) is 9.60. The Hall–Kier alpha value is -1.17. The Morgan fingerprint density at radius 3 is 2.61 bits per heavy atom. The van der Waals surface area contributed by atoms with Gasteiger partial charge in [0.05, 0.1) is 18.0 Å². The van der Waals surface area contributed by atoms with Gasteiger partial charge in [0.25, 0.3) is 0 Å². The first-order chi connectivity index (χ1) is 8.41. The second-order valence-electron chi connectivity index (χ2n) is 4.41. The number of rotatable bonds is 4. The van der Waals surface area contributed by atoms with Crippen LogP contribution in [-0.2, 0) is 10.2 Å². The first-order valence-corrected chi connectivity index (χ1v) is 6.14. The molecule has 6 heteroatoms. The van der Waals surface area contributed by atoms with Crippen molar-refractivity contribution < 1.29 is 23.4 Å². The van der Waals surface area contributed by atoms with Gasteiger partial charge in [-0.1, -0.05) is 0 Å². The van der Waals surface area contributed by atoms with E-state index in [4.69, 9.17) is 9.84 Å². The molecule has 1 aromatic carbocycles. The van der Waals surface area contributed by atoms with Crippen LogP contribution in [0.5, 0.6) is 5.75 Å². The van der Waals surface area contributed by atoms with Crippen LogP contribution in [0.1, 0.15) is 24.8 Å². The molecule has 1 aliphatic rings. The lowest BCUT2D eigenvalue weighted by Gasteiger charge is -2.19. The molecule has 0 saturated heterocycles. The van der Waals surface area contributed by atoms with Gasteiger partial charge >= 0.3 is 5.97 Å². The average molecular weight is 321 g/mol. The summed E-state index contributed by atoms with van der Waals surface area (Å²) in [5.74, 6) is -2.88. The number of carboxylic acid groups (broad SMARTS) is 1. The van der Waals surface area contributed by atoms with Crippen molar-refractivity contribution in [3.63, 3.8) is 0 Å². The maximum absolute atomic E-state index is 13.9. The number of ether oxygens (including phenoxy) is 1. The summed E-state index contributed by atoms with van der Waals surface area (Å²) in [6.07, 6.45) is 0.807. The van der Waals surface area contributed by atoms with Gasteiger partial charge in [0, 0.05) is 11.0 Å². The Labute approximate surface area is 111 Å². The first-order valence-electron chi connectivity index (χ1n) is 5.35. The number of aliphatic carboxylic acids is 1. The van der Waals surface area contributed by atoms with Crippen molar-refractivity contribution in [2.45, 2.75) is 24.7 Å². The van der Waals surface area contributed by atoms with E-state index in [1.807, 2.05) is 0 Å². The van der Waals surface area contributed by atoms with Gasteiger partial charge in [-0.15, -0.1) is 0 Å². The van der Waals surface area contributed by atoms with Crippen LogP contribution in [0.25, 0.3) is 0 Å². The summed E-state index contributed by atoms with van der Waals surface area (Å²) in [6, 6.07) is 0.981. The SMILES string of the molecule is COc1c(Br)cc(F)c(F)c1C1(CC(=O)O)CC1. The molecule has 1 aliphatic carbocycles. The molecular weight excluding hydrogens is 310 g/mol. The van der Waals surface area contributed by atoms with E-state index in [9.17, 15) is 13.6 Å². The third-order valence-electron chi connectivity index (χ3n) is 3.20. The van der Waals surface area contributed by atoms with Crippen LogP contribution in [0.15, 0.2) is 10.5 Å². The van der Waals surface area contributed by atoms with E-state index in [0.29, 0.717) is 12.8 Å². The van der Waals surface area contributed by atoms with E-state index < -0.39 is 23.0 Å². The predicted molar refractivity (Wildman–Crippen MR) is 63.8 cm³/mol. The number of methoxy groups -OCH3 is 1. The number of hydrogen-bond acceptors (Lipinski definition) is 2. The fourth-order valence-corrected chi connectivity index (χ4v) is 2.77. The van der Waals surface area contributed by atoms with Gasteiger partial charge in [-0.05, 0) is 34.8 Å². The van der Waals surface area contributed by atoms with Crippen molar-refractivity contribution in [3.8, 4) is 5.75 Å². The Bertz CT molecular complexity index is 513. The molecule has 0 amide bonds. The van der Waals surface area contributed by atoms with Gasteiger partial charge in [0.2, 0.25) is 0 Å².